The van der Waals surface area contributed by atoms with Crippen LogP contribution in [0.25, 0.3) is 122 Å². The minimum Gasteiger partial charge on any atom is -0.309 e. The van der Waals surface area contributed by atoms with Crippen molar-refractivity contribution in [2.45, 2.75) is 0 Å². The summed E-state index contributed by atoms with van der Waals surface area (Å²) >= 11 is 0. The largest absolute Gasteiger partial charge is 0.309 e. The quantitative estimate of drug-likeness (QED) is 0.157. The van der Waals surface area contributed by atoms with Crippen LogP contribution in [-0.2, 0) is 0 Å². The van der Waals surface area contributed by atoms with Crippen LogP contribution >= 0.6 is 0 Å². The molecule has 0 bridgehead atoms. The highest BCUT2D eigenvalue weighted by atomic mass is 15.2. The normalized spacial score (nSPS) is 11.8. The van der Waals surface area contributed by atoms with Gasteiger partial charge in [0, 0.05) is 43.7 Å². The second-order valence-corrected chi connectivity index (χ2v) is 16.4. The summed E-state index contributed by atoms with van der Waals surface area (Å²) in [6.45, 7) is 0. The summed E-state index contributed by atoms with van der Waals surface area (Å²) in [6.07, 6.45) is 0. The molecule has 13 aromatic rings. The number of hydrogen-bond acceptors (Lipinski definition) is 3. The van der Waals surface area contributed by atoms with Crippen LogP contribution in [0.1, 0.15) is 0 Å². The number of benzene rings is 10. The van der Waals surface area contributed by atoms with E-state index in [0.717, 1.165) is 55.3 Å². The molecule has 0 N–H and O–H groups in total. The van der Waals surface area contributed by atoms with Crippen molar-refractivity contribution in [3.05, 3.63) is 224 Å². The topological polar surface area (TPSA) is 48.5 Å². The van der Waals surface area contributed by atoms with Gasteiger partial charge in [0.05, 0.1) is 22.1 Å². The first-order valence-corrected chi connectivity index (χ1v) is 21.7. The average molecular weight is 816 g/mol. The number of para-hydroxylation sites is 1. The van der Waals surface area contributed by atoms with Gasteiger partial charge in [-0.15, -0.1) is 0 Å². The molecule has 0 aliphatic carbocycles. The van der Waals surface area contributed by atoms with Gasteiger partial charge in [-0.1, -0.05) is 188 Å². The number of hydrogen-bond donors (Lipinski definition) is 0. The smallest absolute Gasteiger partial charge is 0.238 e. The summed E-state index contributed by atoms with van der Waals surface area (Å²) in [5.74, 6) is 1.79. The highest BCUT2D eigenvalue weighted by molar-refractivity contribution is 6.38. The molecule has 13 rings (SSSR count). The molecule has 64 heavy (non-hydrogen) atoms. The van der Waals surface area contributed by atoms with Gasteiger partial charge in [0.25, 0.3) is 0 Å². The third-order valence-corrected chi connectivity index (χ3v) is 12.8. The Bertz CT molecular complexity index is 3930. The van der Waals surface area contributed by atoms with Gasteiger partial charge in [0.15, 0.2) is 11.6 Å². The Hall–Kier alpha value is -8.67. The van der Waals surface area contributed by atoms with Crippen LogP contribution in [0.4, 0.5) is 0 Å². The van der Waals surface area contributed by atoms with E-state index in [0.29, 0.717) is 17.6 Å². The van der Waals surface area contributed by atoms with Gasteiger partial charge in [-0.05, 0) is 74.8 Å². The van der Waals surface area contributed by atoms with Crippen molar-refractivity contribution in [2.24, 2.45) is 0 Å². The van der Waals surface area contributed by atoms with Crippen LogP contribution in [0.15, 0.2) is 224 Å². The summed E-state index contributed by atoms with van der Waals surface area (Å²) in [6, 6.07) is 79.8. The minimum absolute atomic E-state index is 0.565. The Kier molecular flexibility index (Phi) is 8.15. The third kappa shape index (κ3) is 5.61. The van der Waals surface area contributed by atoms with Crippen molar-refractivity contribution < 1.29 is 0 Å². The number of fused-ring (bicyclic) bond motifs is 12. The Labute approximate surface area is 368 Å². The van der Waals surface area contributed by atoms with Crippen LogP contribution in [0.3, 0.4) is 0 Å². The molecule has 0 spiro atoms. The summed E-state index contributed by atoms with van der Waals surface area (Å²) in [4.78, 5) is 15.8. The summed E-state index contributed by atoms with van der Waals surface area (Å²) in [7, 11) is 0. The van der Waals surface area contributed by atoms with Gasteiger partial charge in [0.1, 0.15) is 0 Å². The first kappa shape index (κ1) is 36.0. The number of nitrogens with zero attached hydrogens (tertiary/aromatic N) is 5. The first-order chi connectivity index (χ1) is 31.8. The molecule has 0 aliphatic rings. The third-order valence-electron chi connectivity index (χ3n) is 12.8. The zero-order chi connectivity index (χ0) is 42.1. The molecule has 0 atom stereocenters. The van der Waals surface area contributed by atoms with Gasteiger partial charge in [-0.2, -0.15) is 9.97 Å². The van der Waals surface area contributed by atoms with Crippen molar-refractivity contribution in [2.75, 3.05) is 0 Å². The molecule has 298 valence electrons. The van der Waals surface area contributed by atoms with Crippen molar-refractivity contribution in [3.63, 3.8) is 0 Å². The molecule has 3 heterocycles. The molecule has 5 heteroatoms. The molecule has 5 nitrogen and oxygen atoms in total. The van der Waals surface area contributed by atoms with E-state index in [9.17, 15) is 0 Å². The second kappa shape index (κ2) is 14.5. The Morgan fingerprint density at radius 1 is 0.266 bits per heavy atom. The van der Waals surface area contributed by atoms with E-state index < -0.39 is 0 Å². The maximum atomic E-state index is 5.36. The van der Waals surface area contributed by atoms with Crippen LogP contribution < -0.4 is 0 Å². The SMILES string of the molecule is c1ccc(-c2ccc(-n3c4ccc5c(c6ccccc6n5-c5nc(-c6ccccc6)nc(-c6cccc(-c7ccccc7)c6)n5)c4c4c5ccccc5c5ccccc5c43)cc2)cc1. The zero-order valence-electron chi connectivity index (χ0n) is 34.6. The highest BCUT2D eigenvalue weighted by Crippen LogP contribution is 2.47. The van der Waals surface area contributed by atoms with Gasteiger partial charge >= 0.3 is 0 Å². The molecule has 0 unspecified atom stereocenters. The van der Waals surface area contributed by atoms with Gasteiger partial charge in [-0.25, -0.2) is 4.98 Å². The van der Waals surface area contributed by atoms with E-state index in [4.69, 9.17) is 15.0 Å². The van der Waals surface area contributed by atoms with Gasteiger partial charge in [0.2, 0.25) is 5.95 Å². The van der Waals surface area contributed by atoms with Crippen LogP contribution in [0.5, 0.6) is 0 Å². The summed E-state index contributed by atoms with van der Waals surface area (Å²) in [5, 5.41) is 9.61. The number of aromatic nitrogens is 5. The second-order valence-electron chi connectivity index (χ2n) is 16.4. The maximum Gasteiger partial charge on any atom is 0.238 e. The van der Waals surface area contributed by atoms with Crippen molar-refractivity contribution in [1.29, 1.82) is 0 Å². The minimum atomic E-state index is 0.565. The van der Waals surface area contributed by atoms with Crippen LogP contribution in [0.2, 0.25) is 0 Å². The molecule has 10 aromatic carbocycles. The van der Waals surface area contributed by atoms with Crippen molar-refractivity contribution >= 4 is 65.2 Å². The standard InChI is InChI=1S/C59H37N5/c1-4-17-38(18-5-1)40-31-33-44(34-32-40)63-52-36-35-51-53(55(52)54-47-27-12-10-25-45(47)46-26-11-13-28-48(46)56(54)63)49-29-14-15-30-50(49)64(51)59-61-57(41-21-8-3-9-22-41)60-58(62-59)43-24-16-23-42(37-43)39-19-6-2-7-20-39/h1-37H. The lowest BCUT2D eigenvalue weighted by Crippen LogP contribution is -2.06. The lowest BCUT2D eigenvalue weighted by Gasteiger charge is -2.13. The fraction of sp³-hybridized carbons (Fsp3) is 0. The van der Waals surface area contributed by atoms with Gasteiger partial charge in [-0.3, -0.25) is 4.57 Å². The molecular formula is C59H37N5. The number of rotatable bonds is 6. The zero-order valence-corrected chi connectivity index (χ0v) is 34.6. The van der Waals surface area contributed by atoms with Gasteiger partial charge < -0.3 is 4.57 Å². The molecule has 0 saturated heterocycles. The molecule has 0 fully saturated rings. The highest BCUT2D eigenvalue weighted by Gasteiger charge is 2.25. The van der Waals surface area contributed by atoms with Crippen molar-refractivity contribution in [1.82, 2.24) is 24.1 Å². The molecule has 0 saturated carbocycles. The Balaban J connectivity index is 1.14. The van der Waals surface area contributed by atoms with Crippen LogP contribution in [0, 0.1) is 0 Å². The van der Waals surface area contributed by atoms with E-state index in [1.54, 1.807) is 0 Å². The monoisotopic (exact) mass is 815 g/mol. The van der Waals surface area contributed by atoms with E-state index in [2.05, 4.69) is 209 Å². The Morgan fingerprint density at radius 3 is 1.44 bits per heavy atom. The average Bonchev–Trinajstić information content (AvgIpc) is 3.91. The van der Waals surface area contributed by atoms with E-state index in [1.807, 2.05) is 24.3 Å². The fourth-order valence-corrected chi connectivity index (χ4v) is 9.91. The Morgan fingerprint density at radius 2 is 0.750 bits per heavy atom. The predicted molar refractivity (Wildman–Crippen MR) is 265 cm³/mol. The summed E-state index contributed by atoms with van der Waals surface area (Å²) in [5.41, 5.74) is 12.0. The lowest BCUT2D eigenvalue weighted by atomic mass is 9.95. The predicted octanol–water partition coefficient (Wildman–Crippen LogP) is 15.0. The molecule has 3 aromatic heterocycles. The molecule has 0 aliphatic heterocycles. The summed E-state index contributed by atoms with van der Waals surface area (Å²) < 4.78 is 4.72. The van der Waals surface area contributed by atoms with E-state index in [-0.39, 0.29) is 0 Å². The first-order valence-electron chi connectivity index (χ1n) is 21.7. The lowest BCUT2D eigenvalue weighted by molar-refractivity contribution is 0.953. The van der Waals surface area contributed by atoms with Crippen LogP contribution in [-0.4, -0.2) is 24.1 Å². The molecule has 0 amide bonds. The van der Waals surface area contributed by atoms with E-state index in [1.165, 1.54) is 49.0 Å². The van der Waals surface area contributed by atoms with Crippen molar-refractivity contribution in [3.8, 4) is 56.7 Å². The maximum absolute atomic E-state index is 5.36. The fourth-order valence-electron chi connectivity index (χ4n) is 9.91. The molecule has 0 radical (unpaired) electrons. The van der Waals surface area contributed by atoms with E-state index >= 15 is 0 Å². The molecular weight excluding hydrogens is 779 g/mol.